The maximum Gasteiger partial charge on any atom is 0.102 e. The van der Waals surface area contributed by atoms with Crippen LogP contribution in [0, 0.1) is 11.3 Å². The average molecular weight is 225 g/mol. The number of nitrogens with zero attached hydrogens (tertiary/aromatic N) is 2. The van der Waals surface area contributed by atoms with E-state index in [0.29, 0.717) is 12.1 Å². The SMILES string of the molecule is COC1CCN(C(C)CC(C)(N)C#N)CC1. The van der Waals surface area contributed by atoms with Crippen molar-refractivity contribution in [2.45, 2.75) is 50.8 Å². The summed E-state index contributed by atoms with van der Waals surface area (Å²) in [4.78, 5) is 2.40. The number of likely N-dealkylation sites (tertiary alicyclic amines) is 1. The lowest BCUT2D eigenvalue weighted by Gasteiger charge is -2.37. The Labute approximate surface area is 98.4 Å². The van der Waals surface area contributed by atoms with Gasteiger partial charge in [-0.1, -0.05) is 0 Å². The Morgan fingerprint density at radius 2 is 2.12 bits per heavy atom. The number of ether oxygens (including phenoxy) is 1. The molecular formula is C12H23N3O. The Kier molecular flexibility index (Phi) is 4.72. The predicted molar refractivity (Wildman–Crippen MR) is 63.9 cm³/mol. The van der Waals surface area contributed by atoms with E-state index in [9.17, 15) is 0 Å². The van der Waals surface area contributed by atoms with Gasteiger partial charge in [-0.15, -0.1) is 0 Å². The van der Waals surface area contributed by atoms with E-state index in [1.807, 2.05) is 0 Å². The van der Waals surface area contributed by atoms with Gasteiger partial charge < -0.3 is 15.4 Å². The van der Waals surface area contributed by atoms with Gasteiger partial charge >= 0.3 is 0 Å². The zero-order valence-corrected chi connectivity index (χ0v) is 10.6. The molecule has 16 heavy (non-hydrogen) atoms. The van der Waals surface area contributed by atoms with E-state index in [4.69, 9.17) is 15.7 Å². The van der Waals surface area contributed by atoms with Gasteiger partial charge in [0.05, 0.1) is 12.2 Å². The van der Waals surface area contributed by atoms with Crippen LogP contribution >= 0.6 is 0 Å². The largest absolute Gasteiger partial charge is 0.381 e. The molecule has 0 aromatic rings. The van der Waals surface area contributed by atoms with Crippen molar-refractivity contribution in [3.63, 3.8) is 0 Å². The maximum atomic E-state index is 8.91. The quantitative estimate of drug-likeness (QED) is 0.778. The van der Waals surface area contributed by atoms with Crippen LogP contribution in [-0.4, -0.2) is 42.8 Å². The normalized spacial score (nSPS) is 24.7. The summed E-state index contributed by atoms with van der Waals surface area (Å²) in [5.74, 6) is 0. The summed E-state index contributed by atoms with van der Waals surface area (Å²) in [6.07, 6.45) is 3.29. The van der Waals surface area contributed by atoms with Crippen molar-refractivity contribution in [3.8, 4) is 6.07 Å². The minimum Gasteiger partial charge on any atom is -0.381 e. The van der Waals surface area contributed by atoms with Crippen LogP contribution in [-0.2, 0) is 4.74 Å². The van der Waals surface area contributed by atoms with Crippen molar-refractivity contribution in [3.05, 3.63) is 0 Å². The van der Waals surface area contributed by atoms with Crippen LogP contribution in [0.15, 0.2) is 0 Å². The van der Waals surface area contributed by atoms with Crippen molar-refractivity contribution < 1.29 is 4.74 Å². The van der Waals surface area contributed by atoms with E-state index in [2.05, 4.69) is 17.9 Å². The van der Waals surface area contributed by atoms with Crippen LogP contribution in [0.3, 0.4) is 0 Å². The van der Waals surface area contributed by atoms with Crippen molar-refractivity contribution in [2.24, 2.45) is 5.73 Å². The van der Waals surface area contributed by atoms with Crippen LogP contribution in [0.25, 0.3) is 0 Å². The molecule has 0 radical (unpaired) electrons. The lowest BCUT2D eigenvalue weighted by atomic mass is 9.94. The van der Waals surface area contributed by atoms with Crippen LogP contribution in [0.4, 0.5) is 0 Å². The molecule has 0 amide bonds. The number of nitrogens with two attached hydrogens (primary N) is 1. The molecule has 1 fully saturated rings. The fraction of sp³-hybridized carbons (Fsp3) is 0.917. The molecule has 2 unspecified atom stereocenters. The second-order valence-corrected chi connectivity index (χ2v) is 5.05. The number of rotatable bonds is 4. The van der Waals surface area contributed by atoms with Gasteiger partial charge in [-0.25, -0.2) is 0 Å². The first-order valence-electron chi connectivity index (χ1n) is 5.95. The molecule has 1 aliphatic rings. The third-order valence-corrected chi connectivity index (χ3v) is 3.41. The van der Waals surface area contributed by atoms with E-state index in [1.165, 1.54) is 0 Å². The fourth-order valence-corrected chi connectivity index (χ4v) is 2.34. The smallest absolute Gasteiger partial charge is 0.102 e. The highest BCUT2D eigenvalue weighted by atomic mass is 16.5. The zero-order chi connectivity index (χ0) is 12.2. The molecule has 1 aliphatic heterocycles. The Morgan fingerprint density at radius 3 is 2.56 bits per heavy atom. The molecule has 0 bridgehead atoms. The van der Waals surface area contributed by atoms with Gasteiger partial charge in [0.25, 0.3) is 0 Å². The Morgan fingerprint density at radius 1 is 1.56 bits per heavy atom. The second kappa shape index (κ2) is 5.62. The summed E-state index contributed by atoms with van der Waals surface area (Å²) in [5.41, 5.74) is 5.15. The van der Waals surface area contributed by atoms with E-state index in [0.717, 1.165) is 32.4 Å². The molecule has 4 nitrogen and oxygen atoms in total. The first-order chi connectivity index (χ1) is 7.48. The molecule has 2 atom stereocenters. The molecule has 1 saturated heterocycles. The monoisotopic (exact) mass is 225 g/mol. The topological polar surface area (TPSA) is 62.3 Å². The van der Waals surface area contributed by atoms with Crippen molar-refractivity contribution in [1.29, 1.82) is 5.26 Å². The Hall–Kier alpha value is -0.630. The number of hydrogen-bond acceptors (Lipinski definition) is 4. The van der Waals surface area contributed by atoms with Gasteiger partial charge in [0.1, 0.15) is 5.54 Å². The lowest BCUT2D eigenvalue weighted by molar-refractivity contribution is 0.0268. The van der Waals surface area contributed by atoms with Crippen molar-refractivity contribution in [1.82, 2.24) is 4.90 Å². The summed E-state index contributed by atoms with van der Waals surface area (Å²) in [5, 5.41) is 8.91. The average Bonchev–Trinajstić information content (AvgIpc) is 2.28. The van der Waals surface area contributed by atoms with Gasteiger partial charge in [0, 0.05) is 26.2 Å². The molecule has 0 aromatic heterocycles. The van der Waals surface area contributed by atoms with Gasteiger partial charge in [-0.05, 0) is 33.1 Å². The van der Waals surface area contributed by atoms with Crippen LogP contribution in [0.2, 0.25) is 0 Å². The number of piperidine rings is 1. The summed E-state index contributed by atoms with van der Waals surface area (Å²) in [6.45, 7) is 6.03. The molecule has 0 saturated carbocycles. The number of hydrogen-bond donors (Lipinski definition) is 1. The molecule has 1 heterocycles. The van der Waals surface area contributed by atoms with E-state index in [-0.39, 0.29) is 0 Å². The fourth-order valence-electron chi connectivity index (χ4n) is 2.34. The van der Waals surface area contributed by atoms with E-state index in [1.54, 1.807) is 14.0 Å². The molecule has 2 N–H and O–H groups in total. The highest BCUT2D eigenvalue weighted by Gasteiger charge is 2.27. The molecule has 92 valence electrons. The van der Waals surface area contributed by atoms with Crippen molar-refractivity contribution in [2.75, 3.05) is 20.2 Å². The number of nitriles is 1. The summed E-state index contributed by atoms with van der Waals surface area (Å²) in [6, 6.07) is 2.53. The van der Waals surface area contributed by atoms with Gasteiger partial charge in [-0.3, -0.25) is 0 Å². The minimum absolute atomic E-state index is 0.368. The Bertz CT molecular complexity index is 251. The highest BCUT2D eigenvalue weighted by molar-refractivity contribution is 5.02. The minimum atomic E-state index is -0.711. The molecule has 0 spiro atoms. The molecular weight excluding hydrogens is 202 g/mol. The second-order valence-electron chi connectivity index (χ2n) is 5.05. The predicted octanol–water partition coefficient (Wildman–Crippen LogP) is 1.12. The summed E-state index contributed by atoms with van der Waals surface area (Å²) >= 11 is 0. The third kappa shape index (κ3) is 3.75. The van der Waals surface area contributed by atoms with Crippen LogP contribution < -0.4 is 5.73 Å². The summed E-state index contributed by atoms with van der Waals surface area (Å²) < 4.78 is 5.34. The molecule has 0 aromatic carbocycles. The maximum absolute atomic E-state index is 8.91. The molecule has 0 aliphatic carbocycles. The van der Waals surface area contributed by atoms with Crippen LogP contribution in [0.1, 0.15) is 33.1 Å². The summed E-state index contributed by atoms with van der Waals surface area (Å²) in [7, 11) is 1.77. The highest BCUT2D eigenvalue weighted by Crippen LogP contribution is 2.19. The van der Waals surface area contributed by atoms with Crippen molar-refractivity contribution >= 4 is 0 Å². The first kappa shape index (κ1) is 13.4. The molecule has 4 heteroatoms. The Balaban J connectivity index is 2.39. The van der Waals surface area contributed by atoms with E-state index >= 15 is 0 Å². The lowest BCUT2D eigenvalue weighted by Crippen LogP contribution is -2.47. The van der Waals surface area contributed by atoms with Crippen LogP contribution in [0.5, 0.6) is 0 Å². The zero-order valence-electron chi connectivity index (χ0n) is 10.6. The van der Waals surface area contributed by atoms with E-state index < -0.39 is 5.54 Å². The third-order valence-electron chi connectivity index (χ3n) is 3.41. The standard InChI is InChI=1S/C12H23N3O/c1-10(8-12(2,14)9-13)15-6-4-11(16-3)5-7-15/h10-11H,4-8,14H2,1-3H3. The number of methoxy groups -OCH3 is 1. The van der Waals surface area contributed by atoms with Gasteiger partial charge in [0.15, 0.2) is 0 Å². The first-order valence-corrected chi connectivity index (χ1v) is 5.95. The van der Waals surface area contributed by atoms with Gasteiger partial charge in [0.2, 0.25) is 0 Å². The molecule has 1 rings (SSSR count). The van der Waals surface area contributed by atoms with Gasteiger partial charge in [-0.2, -0.15) is 5.26 Å².